The molecule has 1 aliphatic rings. The lowest BCUT2D eigenvalue weighted by Gasteiger charge is -2.40. The lowest BCUT2D eigenvalue weighted by molar-refractivity contribution is -0.145. The Hall–Kier alpha value is -1.30. The first kappa shape index (κ1) is 17.8. The van der Waals surface area contributed by atoms with Crippen LogP contribution in [0.3, 0.4) is 0 Å². The number of ether oxygens (including phenoxy) is 1. The van der Waals surface area contributed by atoms with E-state index < -0.39 is 5.97 Å². The molecule has 1 unspecified atom stereocenters. The van der Waals surface area contributed by atoms with Crippen molar-refractivity contribution in [2.24, 2.45) is 5.41 Å². The number of carboxylic acid groups (broad SMARTS) is 1. The minimum absolute atomic E-state index is 0.0351. The van der Waals surface area contributed by atoms with Gasteiger partial charge < -0.3 is 19.6 Å². The highest BCUT2D eigenvalue weighted by atomic mass is 16.5. The molecule has 1 N–H and O–H groups in total. The molecule has 1 saturated heterocycles. The van der Waals surface area contributed by atoms with E-state index in [4.69, 9.17) is 9.84 Å². The predicted molar refractivity (Wildman–Crippen MR) is 80.3 cm³/mol. The van der Waals surface area contributed by atoms with Gasteiger partial charge in [-0.05, 0) is 25.2 Å². The first-order valence-corrected chi connectivity index (χ1v) is 7.48. The molecule has 6 nitrogen and oxygen atoms in total. The molecule has 2 amide bonds. The molecule has 21 heavy (non-hydrogen) atoms. The SMILES string of the molecule is CC(N(C)C(=O)N1CCC(OCC(=O)O)CC1)C(C)(C)C. The fourth-order valence-corrected chi connectivity index (χ4v) is 2.37. The molecule has 0 radical (unpaired) electrons. The van der Waals surface area contributed by atoms with Crippen LogP contribution in [0.1, 0.15) is 40.5 Å². The number of piperidine rings is 1. The van der Waals surface area contributed by atoms with Gasteiger partial charge >= 0.3 is 12.0 Å². The molecule has 1 rings (SSSR count). The summed E-state index contributed by atoms with van der Waals surface area (Å²) in [4.78, 5) is 26.6. The van der Waals surface area contributed by atoms with Gasteiger partial charge in [-0.2, -0.15) is 0 Å². The number of aliphatic carboxylic acids is 1. The van der Waals surface area contributed by atoms with Gasteiger partial charge in [0, 0.05) is 26.2 Å². The second kappa shape index (κ2) is 7.11. The number of carbonyl (C=O) groups excluding carboxylic acids is 1. The summed E-state index contributed by atoms with van der Waals surface area (Å²) < 4.78 is 5.28. The van der Waals surface area contributed by atoms with E-state index in [0.717, 1.165) is 0 Å². The largest absolute Gasteiger partial charge is 0.480 e. The van der Waals surface area contributed by atoms with Gasteiger partial charge in [0.25, 0.3) is 0 Å². The number of carbonyl (C=O) groups is 2. The van der Waals surface area contributed by atoms with E-state index in [2.05, 4.69) is 27.7 Å². The minimum Gasteiger partial charge on any atom is -0.480 e. The van der Waals surface area contributed by atoms with Crippen LogP contribution in [-0.4, -0.2) is 65.8 Å². The number of nitrogens with zero attached hydrogens (tertiary/aromatic N) is 2. The molecule has 0 aliphatic carbocycles. The molecule has 0 saturated carbocycles. The molecule has 0 spiro atoms. The van der Waals surface area contributed by atoms with Crippen LogP contribution in [-0.2, 0) is 9.53 Å². The van der Waals surface area contributed by atoms with Gasteiger partial charge in [-0.1, -0.05) is 20.8 Å². The summed E-state index contributed by atoms with van der Waals surface area (Å²) in [5.74, 6) is -0.952. The van der Waals surface area contributed by atoms with Crippen molar-refractivity contribution in [2.45, 2.75) is 52.7 Å². The van der Waals surface area contributed by atoms with Gasteiger partial charge in [0.05, 0.1) is 6.10 Å². The highest BCUT2D eigenvalue weighted by Crippen LogP contribution is 2.24. The lowest BCUT2D eigenvalue weighted by Crippen LogP contribution is -2.51. The normalized spacial score (nSPS) is 18.4. The number of rotatable bonds is 4. The van der Waals surface area contributed by atoms with Crippen molar-refractivity contribution >= 4 is 12.0 Å². The molecular weight excluding hydrogens is 272 g/mol. The van der Waals surface area contributed by atoms with Crippen LogP contribution < -0.4 is 0 Å². The summed E-state index contributed by atoms with van der Waals surface area (Å²) in [6.45, 7) is 9.38. The van der Waals surface area contributed by atoms with Crippen LogP contribution in [0.4, 0.5) is 4.79 Å². The maximum atomic E-state index is 12.5. The van der Waals surface area contributed by atoms with Crippen molar-refractivity contribution in [3.63, 3.8) is 0 Å². The maximum Gasteiger partial charge on any atom is 0.329 e. The van der Waals surface area contributed by atoms with Crippen molar-refractivity contribution < 1.29 is 19.4 Å². The Labute approximate surface area is 127 Å². The summed E-state index contributed by atoms with van der Waals surface area (Å²) in [6.07, 6.45) is 1.32. The fraction of sp³-hybridized carbons (Fsp3) is 0.867. The first-order valence-electron chi connectivity index (χ1n) is 7.48. The zero-order valence-electron chi connectivity index (χ0n) is 13.8. The third-order valence-electron chi connectivity index (χ3n) is 4.29. The lowest BCUT2D eigenvalue weighted by atomic mass is 9.87. The summed E-state index contributed by atoms with van der Waals surface area (Å²) in [6, 6.07) is 0.181. The molecule has 122 valence electrons. The van der Waals surface area contributed by atoms with Crippen LogP contribution in [0.15, 0.2) is 0 Å². The molecule has 0 aromatic carbocycles. The van der Waals surface area contributed by atoms with E-state index in [0.29, 0.717) is 25.9 Å². The maximum absolute atomic E-state index is 12.5. The highest BCUT2D eigenvalue weighted by molar-refractivity contribution is 5.74. The van der Waals surface area contributed by atoms with Crippen LogP contribution in [0.5, 0.6) is 0 Å². The first-order chi connectivity index (χ1) is 9.62. The Balaban J connectivity index is 2.46. The molecule has 1 heterocycles. The topological polar surface area (TPSA) is 70.1 Å². The van der Waals surface area contributed by atoms with E-state index in [1.54, 1.807) is 4.90 Å². The van der Waals surface area contributed by atoms with Crippen LogP contribution in [0.2, 0.25) is 0 Å². The van der Waals surface area contributed by atoms with Crippen LogP contribution in [0, 0.1) is 5.41 Å². The van der Waals surface area contributed by atoms with Crippen LogP contribution >= 0.6 is 0 Å². The number of urea groups is 1. The Bertz CT molecular complexity index is 370. The van der Waals surface area contributed by atoms with Gasteiger partial charge in [-0.25, -0.2) is 9.59 Å². The van der Waals surface area contributed by atoms with E-state index in [1.165, 1.54) is 0 Å². The quantitative estimate of drug-likeness (QED) is 0.862. The van der Waals surface area contributed by atoms with E-state index in [1.807, 2.05) is 11.9 Å². The fourth-order valence-electron chi connectivity index (χ4n) is 2.37. The molecular formula is C15H28N2O4. The van der Waals surface area contributed by atoms with Gasteiger partial charge in [0.15, 0.2) is 0 Å². The number of likely N-dealkylation sites (tertiary alicyclic amines) is 1. The average Bonchev–Trinajstić information content (AvgIpc) is 2.42. The average molecular weight is 300 g/mol. The van der Waals surface area contributed by atoms with E-state index in [-0.39, 0.29) is 30.2 Å². The Morgan fingerprint density at radius 1 is 1.33 bits per heavy atom. The number of hydrogen-bond donors (Lipinski definition) is 1. The highest BCUT2D eigenvalue weighted by Gasteiger charge is 2.31. The summed E-state index contributed by atoms with van der Waals surface area (Å²) in [7, 11) is 1.84. The zero-order valence-corrected chi connectivity index (χ0v) is 13.8. The Morgan fingerprint density at radius 2 is 1.86 bits per heavy atom. The molecule has 6 heteroatoms. The van der Waals surface area contributed by atoms with E-state index in [9.17, 15) is 9.59 Å². The summed E-state index contributed by atoms with van der Waals surface area (Å²) in [5.41, 5.74) is 0.0351. The third kappa shape index (κ3) is 5.19. The minimum atomic E-state index is -0.952. The zero-order chi connectivity index (χ0) is 16.2. The van der Waals surface area contributed by atoms with Crippen molar-refractivity contribution in [1.82, 2.24) is 9.80 Å². The van der Waals surface area contributed by atoms with Crippen molar-refractivity contribution in [2.75, 3.05) is 26.7 Å². The molecule has 1 atom stereocenters. The van der Waals surface area contributed by atoms with Crippen molar-refractivity contribution in [3.8, 4) is 0 Å². The number of amides is 2. The predicted octanol–water partition coefficient (Wildman–Crippen LogP) is 2.04. The second-order valence-electron chi connectivity index (χ2n) is 6.83. The van der Waals surface area contributed by atoms with Gasteiger partial charge in [0.1, 0.15) is 6.61 Å². The molecule has 1 fully saturated rings. The standard InChI is InChI=1S/C15H28N2O4/c1-11(15(2,3)4)16(5)14(20)17-8-6-12(7-9-17)21-10-13(18)19/h11-12H,6-10H2,1-5H3,(H,18,19). The molecule has 0 aromatic rings. The van der Waals surface area contributed by atoms with E-state index >= 15 is 0 Å². The third-order valence-corrected chi connectivity index (χ3v) is 4.29. The summed E-state index contributed by atoms with van der Waals surface area (Å²) >= 11 is 0. The van der Waals surface area contributed by atoms with Gasteiger partial charge in [-0.3, -0.25) is 0 Å². The Morgan fingerprint density at radius 3 is 2.29 bits per heavy atom. The monoisotopic (exact) mass is 300 g/mol. The molecule has 0 bridgehead atoms. The smallest absolute Gasteiger partial charge is 0.329 e. The second-order valence-corrected chi connectivity index (χ2v) is 6.83. The number of hydrogen-bond acceptors (Lipinski definition) is 3. The van der Waals surface area contributed by atoms with Crippen molar-refractivity contribution in [1.29, 1.82) is 0 Å². The molecule has 0 aromatic heterocycles. The van der Waals surface area contributed by atoms with Gasteiger partial charge in [0.2, 0.25) is 0 Å². The Kier molecular flexibility index (Phi) is 6.01. The van der Waals surface area contributed by atoms with Gasteiger partial charge in [-0.15, -0.1) is 0 Å². The molecule has 1 aliphatic heterocycles. The number of carboxylic acids is 1. The summed E-state index contributed by atoms with van der Waals surface area (Å²) in [5, 5.41) is 8.60. The van der Waals surface area contributed by atoms with Crippen molar-refractivity contribution in [3.05, 3.63) is 0 Å². The van der Waals surface area contributed by atoms with Crippen LogP contribution in [0.25, 0.3) is 0 Å².